The Kier molecular flexibility index (Phi) is 5.51. The van der Waals surface area contributed by atoms with Gasteiger partial charge in [-0.15, -0.1) is 0 Å². The number of benzene rings is 1. The highest BCUT2D eigenvalue weighted by Gasteiger charge is 2.30. The Balaban J connectivity index is 1.75. The molecule has 27 heavy (non-hydrogen) atoms. The van der Waals surface area contributed by atoms with E-state index >= 15 is 0 Å². The number of nitrogens with one attached hydrogen (secondary N) is 1. The number of ketones is 1. The van der Waals surface area contributed by atoms with Crippen LogP contribution in [0.15, 0.2) is 41.3 Å². The molecule has 0 unspecified atom stereocenters. The maximum atomic E-state index is 12.9. The van der Waals surface area contributed by atoms with Crippen molar-refractivity contribution in [1.29, 1.82) is 5.26 Å². The lowest BCUT2D eigenvalue weighted by Crippen LogP contribution is -2.43. The van der Waals surface area contributed by atoms with Crippen LogP contribution in [0.2, 0.25) is 0 Å². The van der Waals surface area contributed by atoms with Crippen molar-refractivity contribution in [3.05, 3.63) is 69.1 Å². The first kappa shape index (κ1) is 18.6. The second-order valence-electron chi connectivity index (χ2n) is 6.86. The Morgan fingerprint density at radius 2 is 2.04 bits per heavy atom. The first-order chi connectivity index (χ1) is 13.0. The van der Waals surface area contributed by atoms with Crippen LogP contribution in [0.1, 0.15) is 39.9 Å². The minimum atomic E-state index is -0.499. The van der Waals surface area contributed by atoms with Gasteiger partial charge in [0.25, 0.3) is 11.5 Å². The molecule has 1 aliphatic rings. The SMILES string of the molecule is Cc1c(C(=O)N2CCC[C@@H](C(=O)Cc3ccccc3)C2)c[nH]c(=O)c1C#N. The second-order valence-corrected chi connectivity index (χ2v) is 6.86. The fourth-order valence-corrected chi connectivity index (χ4v) is 3.52. The van der Waals surface area contributed by atoms with E-state index in [2.05, 4.69) is 4.98 Å². The minimum Gasteiger partial charge on any atom is -0.338 e. The van der Waals surface area contributed by atoms with Crippen molar-refractivity contribution in [2.75, 3.05) is 13.1 Å². The number of pyridine rings is 1. The Labute approximate surface area is 157 Å². The zero-order chi connectivity index (χ0) is 19.4. The number of aromatic amines is 1. The smallest absolute Gasteiger partial charge is 0.266 e. The molecule has 6 nitrogen and oxygen atoms in total. The third kappa shape index (κ3) is 3.98. The highest BCUT2D eigenvalue weighted by Crippen LogP contribution is 2.22. The van der Waals surface area contributed by atoms with Crippen molar-refractivity contribution in [2.24, 2.45) is 5.92 Å². The molecule has 1 aromatic carbocycles. The number of piperidine rings is 1. The third-order valence-electron chi connectivity index (χ3n) is 5.08. The first-order valence-electron chi connectivity index (χ1n) is 8.99. The Morgan fingerprint density at radius 3 is 2.74 bits per heavy atom. The quantitative estimate of drug-likeness (QED) is 0.901. The summed E-state index contributed by atoms with van der Waals surface area (Å²) in [5, 5.41) is 9.13. The van der Waals surface area contributed by atoms with Gasteiger partial charge in [0.2, 0.25) is 0 Å². The molecule has 138 valence electrons. The van der Waals surface area contributed by atoms with E-state index < -0.39 is 5.56 Å². The number of amides is 1. The molecule has 2 aromatic rings. The number of hydrogen-bond acceptors (Lipinski definition) is 4. The van der Waals surface area contributed by atoms with Crippen molar-refractivity contribution in [3.63, 3.8) is 0 Å². The number of likely N-dealkylation sites (tertiary alicyclic amines) is 1. The first-order valence-corrected chi connectivity index (χ1v) is 8.99. The van der Waals surface area contributed by atoms with Crippen molar-refractivity contribution in [1.82, 2.24) is 9.88 Å². The molecule has 1 aliphatic heterocycles. The summed E-state index contributed by atoms with van der Waals surface area (Å²) in [5.74, 6) is -0.312. The molecule has 0 bridgehead atoms. The molecule has 1 fully saturated rings. The molecule has 0 aliphatic carbocycles. The summed E-state index contributed by atoms with van der Waals surface area (Å²) in [4.78, 5) is 41.4. The molecular formula is C21H21N3O3. The number of nitriles is 1. The Morgan fingerprint density at radius 1 is 1.30 bits per heavy atom. The number of rotatable bonds is 4. The molecule has 1 saturated heterocycles. The molecular weight excluding hydrogens is 342 g/mol. The number of carbonyl (C=O) groups is 2. The predicted octanol–water partition coefficient (Wildman–Crippen LogP) is 2.22. The normalized spacial score (nSPS) is 16.6. The van der Waals surface area contributed by atoms with Crippen LogP contribution >= 0.6 is 0 Å². The molecule has 1 aromatic heterocycles. The van der Waals surface area contributed by atoms with Crippen LogP contribution in [0, 0.1) is 24.2 Å². The monoisotopic (exact) mass is 363 g/mol. The van der Waals surface area contributed by atoms with E-state index in [0.29, 0.717) is 30.6 Å². The van der Waals surface area contributed by atoms with Crippen LogP contribution in [-0.4, -0.2) is 34.7 Å². The third-order valence-corrected chi connectivity index (χ3v) is 5.08. The molecule has 0 saturated carbocycles. The number of hydrogen-bond donors (Lipinski definition) is 1. The van der Waals surface area contributed by atoms with Crippen LogP contribution in [0.3, 0.4) is 0 Å². The molecule has 2 heterocycles. The molecule has 1 atom stereocenters. The van der Waals surface area contributed by atoms with Crippen LogP contribution in [-0.2, 0) is 11.2 Å². The lowest BCUT2D eigenvalue weighted by molar-refractivity contribution is -0.123. The van der Waals surface area contributed by atoms with Crippen LogP contribution in [0.4, 0.5) is 0 Å². The highest BCUT2D eigenvalue weighted by atomic mass is 16.2. The summed E-state index contributed by atoms with van der Waals surface area (Å²) >= 11 is 0. The number of nitrogens with zero attached hydrogens (tertiary/aromatic N) is 2. The van der Waals surface area contributed by atoms with E-state index in [1.54, 1.807) is 11.8 Å². The lowest BCUT2D eigenvalue weighted by atomic mass is 9.90. The van der Waals surface area contributed by atoms with Gasteiger partial charge < -0.3 is 9.88 Å². The zero-order valence-corrected chi connectivity index (χ0v) is 15.2. The predicted molar refractivity (Wildman–Crippen MR) is 100 cm³/mol. The van der Waals surface area contributed by atoms with Crippen LogP contribution in [0.25, 0.3) is 0 Å². The van der Waals surface area contributed by atoms with Gasteiger partial charge in [-0.05, 0) is 30.9 Å². The van der Waals surface area contributed by atoms with Gasteiger partial charge >= 0.3 is 0 Å². The van der Waals surface area contributed by atoms with Crippen LogP contribution in [0.5, 0.6) is 0 Å². The van der Waals surface area contributed by atoms with Gasteiger partial charge in [-0.3, -0.25) is 14.4 Å². The molecule has 1 amide bonds. The second kappa shape index (κ2) is 8.00. The topological polar surface area (TPSA) is 94.0 Å². The lowest BCUT2D eigenvalue weighted by Gasteiger charge is -2.32. The number of H-pyrrole nitrogens is 1. The Bertz CT molecular complexity index is 957. The summed E-state index contributed by atoms with van der Waals surface area (Å²) in [7, 11) is 0. The summed E-state index contributed by atoms with van der Waals surface area (Å²) < 4.78 is 0. The van der Waals surface area contributed by atoms with Gasteiger partial charge in [-0.1, -0.05) is 30.3 Å². The summed E-state index contributed by atoms with van der Waals surface area (Å²) in [6, 6.07) is 11.4. The van der Waals surface area contributed by atoms with Crippen LogP contribution < -0.4 is 5.56 Å². The van der Waals surface area contributed by atoms with E-state index in [1.807, 2.05) is 36.4 Å². The zero-order valence-electron chi connectivity index (χ0n) is 15.2. The number of aromatic nitrogens is 1. The highest BCUT2D eigenvalue weighted by molar-refractivity contribution is 5.96. The van der Waals surface area contributed by atoms with E-state index in [-0.39, 0.29) is 23.2 Å². The maximum absolute atomic E-state index is 12.9. The largest absolute Gasteiger partial charge is 0.338 e. The minimum absolute atomic E-state index is 0.0467. The maximum Gasteiger partial charge on any atom is 0.266 e. The van der Waals surface area contributed by atoms with E-state index in [1.165, 1.54) is 6.20 Å². The number of carbonyl (C=O) groups excluding carboxylic acids is 2. The molecule has 0 radical (unpaired) electrons. The van der Waals surface area contributed by atoms with Gasteiger partial charge in [0.1, 0.15) is 17.4 Å². The van der Waals surface area contributed by atoms with Gasteiger partial charge in [-0.25, -0.2) is 0 Å². The fraction of sp³-hybridized carbons (Fsp3) is 0.333. The van der Waals surface area contributed by atoms with Crippen molar-refractivity contribution < 1.29 is 9.59 Å². The summed E-state index contributed by atoms with van der Waals surface area (Å²) in [6.07, 6.45) is 3.24. The van der Waals surface area contributed by atoms with Crippen molar-refractivity contribution in [3.8, 4) is 6.07 Å². The van der Waals surface area contributed by atoms with Crippen molar-refractivity contribution in [2.45, 2.75) is 26.2 Å². The standard InChI is InChI=1S/C21H21N3O3/c1-14-17(11-22)20(26)23-12-18(14)21(27)24-9-5-8-16(13-24)19(25)10-15-6-3-2-4-7-15/h2-4,6-7,12,16H,5,8-10,13H2,1H3,(H,23,26)/t16-/m1/s1. The summed E-state index contributed by atoms with van der Waals surface area (Å²) in [5.41, 5.74) is 1.11. The van der Waals surface area contributed by atoms with E-state index in [9.17, 15) is 14.4 Å². The molecule has 0 spiro atoms. The van der Waals surface area contributed by atoms with E-state index in [4.69, 9.17) is 5.26 Å². The molecule has 6 heteroatoms. The molecule has 3 rings (SSSR count). The van der Waals surface area contributed by atoms with Gasteiger partial charge in [0, 0.05) is 31.6 Å². The van der Waals surface area contributed by atoms with E-state index in [0.717, 1.165) is 18.4 Å². The van der Waals surface area contributed by atoms with Gasteiger partial charge in [0.05, 0.1) is 5.56 Å². The average Bonchev–Trinajstić information content (AvgIpc) is 2.69. The Hall–Kier alpha value is -3.20. The number of Topliss-reactive ketones (excluding diaryl/α,β-unsaturated/α-hetero) is 1. The average molecular weight is 363 g/mol. The van der Waals surface area contributed by atoms with Crippen molar-refractivity contribution >= 4 is 11.7 Å². The van der Waals surface area contributed by atoms with Gasteiger partial charge in [0.15, 0.2) is 0 Å². The summed E-state index contributed by atoms with van der Waals surface area (Å²) in [6.45, 7) is 2.53. The molecule has 1 N–H and O–H groups in total. The van der Waals surface area contributed by atoms with Gasteiger partial charge in [-0.2, -0.15) is 5.26 Å². The fourth-order valence-electron chi connectivity index (χ4n) is 3.52.